The molecule has 0 radical (unpaired) electrons. The smallest absolute Gasteiger partial charge is 0.263 e. The number of rotatable bonds is 8. The van der Waals surface area contributed by atoms with E-state index in [-0.39, 0.29) is 10.8 Å². The molecule has 9 heteroatoms. The van der Waals surface area contributed by atoms with Crippen LogP contribution in [0.15, 0.2) is 58.4 Å². The molecular formula is C22H25N5O3S. The number of amides is 1. The largest absolute Gasteiger partial charge is 0.310 e. The van der Waals surface area contributed by atoms with Crippen LogP contribution in [-0.4, -0.2) is 36.3 Å². The first-order valence-corrected chi connectivity index (χ1v) is 11.9. The van der Waals surface area contributed by atoms with E-state index in [1.807, 2.05) is 35.8 Å². The van der Waals surface area contributed by atoms with Gasteiger partial charge in [0.2, 0.25) is 11.9 Å². The van der Waals surface area contributed by atoms with Gasteiger partial charge in [0.1, 0.15) is 5.84 Å². The number of carbonyl (C=O) groups is 1. The summed E-state index contributed by atoms with van der Waals surface area (Å²) in [6, 6.07) is 14.6. The number of nitrogens with zero attached hydrogens (tertiary/aromatic N) is 3. The molecule has 31 heavy (non-hydrogen) atoms. The molecule has 1 aromatic heterocycles. The van der Waals surface area contributed by atoms with Gasteiger partial charge < -0.3 is 4.57 Å². The third-order valence-electron chi connectivity index (χ3n) is 5.22. The summed E-state index contributed by atoms with van der Waals surface area (Å²) in [7, 11) is -3.50. The number of anilines is 1. The number of amidine groups is 1. The number of aryl methyl sites for hydroxylation is 1. The Morgan fingerprint density at radius 1 is 1.10 bits per heavy atom. The van der Waals surface area contributed by atoms with Gasteiger partial charge in [0.25, 0.3) is 10.0 Å². The van der Waals surface area contributed by atoms with Gasteiger partial charge in [-0.1, -0.05) is 30.7 Å². The zero-order chi connectivity index (χ0) is 21.8. The van der Waals surface area contributed by atoms with Crippen LogP contribution >= 0.6 is 0 Å². The third-order valence-corrected chi connectivity index (χ3v) is 6.61. The molecule has 0 bridgehead atoms. The van der Waals surface area contributed by atoms with Crippen molar-refractivity contribution in [3.05, 3.63) is 54.1 Å². The van der Waals surface area contributed by atoms with Crippen LogP contribution in [0.1, 0.15) is 38.2 Å². The van der Waals surface area contributed by atoms with E-state index in [1.54, 1.807) is 24.3 Å². The second-order valence-electron chi connectivity index (χ2n) is 7.36. The van der Waals surface area contributed by atoms with Gasteiger partial charge in [-0.25, -0.2) is 13.4 Å². The van der Waals surface area contributed by atoms with Gasteiger partial charge in [-0.05, 0) is 44.0 Å². The Bertz CT molecular complexity index is 1250. The highest BCUT2D eigenvalue weighted by Crippen LogP contribution is 2.22. The van der Waals surface area contributed by atoms with Gasteiger partial charge in [-0.3, -0.25) is 19.8 Å². The van der Waals surface area contributed by atoms with Crippen LogP contribution < -0.4 is 10.0 Å². The van der Waals surface area contributed by atoms with E-state index in [1.165, 1.54) is 0 Å². The molecule has 0 unspecified atom stereocenters. The van der Waals surface area contributed by atoms with Gasteiger partial charge >= 0.3 is 0 Å². The number of nitrogens with one attached hydrogen (secondary N) is 2. The van der Waals surface area contributed by atoms with E-state index in [2.05, 4.69) is 20.0 Å². The number of carbonyl (C=O) groups excluding carboxylic acids is 1. The summed E-state index contributed by atoms with van der Waals surface area (Å²) in [5.41, 5.74) is 2.48. The highest BCUT2D eigenvalue weighted by atomic mass is 32.2. The first-order valence-electron chi connectivity index (χ1n) is 10.4. The number of imidazole rings is 1. The van der Waals surface area contributed by atoms with Crippen LogP contribution in [0, 0.1) is 0 Å². The summed E-state index contributed by atoms with van der Waals surface area (Å²) in [6.45, 7) is 3.25. The average Bonchev–Trinajstić information content (AvgIpc) is 3.24. The Balaban J connectivity index is 1.25. The maximum Gasteiger partial charge on any atom is 0.263 e. The molecule has 0 atom stereocenters. The zero-order valence-corrected chi connectivity index (χ0v) is 18.2. The lowest BCUT2D eigenvalue weighted by Crippen LogP contribution is -2.22. The lowest BCUT2D eigenvalue weighted by molar-refractivity contribution is -0.116. The fourth-order valence-electron chi connectivity index (χ4n) is 3.69. The molecule has 2 N–H and O–H groups in total. The molecule has 4 rings (SSSR count). The molecule has 0 spiro atoms. The van der Waals surface area contributed by atoms with Crippen molar-refractivity contribution in [3.8, 4) is 0 Å². The lowest BCUT2D eigenvalue weighted by atomic mass is 10.2. The fraction of sp³-hybridized carbons (Fsp3) is 0.318. The molecule has 1 aliphatic rings. The van der Waals surface area contributed by atoms with Crippen molar-refractivity contribution in [2.75, 3.05) is 11.9 Å². The van der Waals surface area contributed by atoms with E-state index < -0.39 is 10.0 Å². The van der Waals surface area contributed by atoms with Gasteiger partial charge in [-0.15, -0.1) is 0 Å². The van der Waals surface area contributed by atoms with Crippen LogP contribution in [0.5, 0.6) is 0 Å². The summed E-state index contributed by atoms with van der Waals surface area (Å²) < 4.78 is 28.7. The number of hydrogen-bond acceptors (Lipinski definition) is 5. The lowest BCUT2D eigenvalue weighted by Gasteiger charge is -2.07. The van der Waals surface area contributed by atoms with Crippen LogP contribution in [-0.2, 0) is 21.4 Å². The Morgan fingerprint density at radius 2 is 1.87 bits per heavy atom. The summed E-state index contributed by atoms with van der Waals surface area (Å²) in [5.74, 6) is 0.910. The second-order valence-corrected chi connectivity index (χ2v) is 9.01. The third kappa shape index (κ3) is 4.46. The average molecular weight is 440 g/mol. The molecular weight excluding hydrogens is 414 g/mol. The highest BCUT2D eigenvalue weighted by molar-refractivity contribution is 7.90. The number of hydrogen-bond donors (Lipinski definition) is 2. The van der Waals surface area contributed by atoms with E-state index in [0.29, 0.717) is 30.3 Å². The fourth-order valence-corrected chi connectivity index (χ4v) is 4.95. The van der Waals surface area contributed by atoms with Gasteiger partial charge in [0.05, 0.1) is 15.9 Å². The molecule has 2 heterocycles. The summed E-state index contributed by atoms with van der Waals surface area (Å²) >= 11 is 0. The predicted molar refractivity (Wildman–Crippen MR) is 121 cm³/mol. The van der Waals surface area contributed by atoms with Crippen LogP contribution in [0.2, 0.25) is 0 Å². The van der Waals surface area contributed by atoms with Crippen LogP contribution in [0.25, 0.3) is 11.0 Å². The van der Waals surface area contributed by atoms with Crippen LogP contribution in [0.3, 0.4) is 0 Å². The van der Waals surface area contributed by atoms with E-state index >= 15 is 0 Å². The quantitative estimate of drug-likeness (QED) is 0.525. The van der Waals surface area contributed by atoms with E-state index in [0.717, 1.165) is 36.8 Å². The minimum Gasteiger partial charge on any atom is -0.310 e. The van der Waals surface area contributed by atoms with Crippen LogP contribution in [0.4, 0.5) is 5.95 Å². The SMILES string of the molecule is CCn1c(NC(=O)CCCCCN=C2NS(=O)(=O)c3ccccc32)nc2ccccc21. The zero-order valence-electron chi connectivity index (χ0n) is 17.3. The van der Waals surface area contributed by atoms with Crippen molar-refractivity contribution in [2.24, 2.45) is 4.99 Å². The topological polar surface area (TPSA) is 105 Å². The molecule has 1 aliphatic heterocycles. The Labute approximate surface area is 181 Å². The molecule has 0 aliphatic carbocycles. The van der Waals surface area contributed by atoms with Gasteiger partial charge in [-0.2, -0.15) is 0 Å². The van der Waals surface area contributed by atoms with E-state index in [9.17, 15) is 13.2 Å². The molecule has 3 aromatic rings. The minimum atomic E-state index is -3.50. The van der Waals surface area contributed by atoms with Gasteiger partial charge in [0, 0.05) is 25.1 Å². The van der Waals surface area contributed by atoms with E-state index in [4.69, 9.17) is 0 Å². The normalized spacial score (nSPS) is 15.7. The maximum absolute atomic E-state index is 12.3. The van der Waals surface area contributed by atoms with Crippen molar-refractivity contribution in [3.63, 3.8) is 0 Å². The molecule has 2 aromatic carbocycles. The standard InChI is InChI=1S/C22H25N5O3S/c1-2-27-18-12-7-6-11-17(18)24-22(27)25-20(28)14-4-3-9-15-23-21-16-10-5-8-13-19(16)31(29,30)26-21/h5-8,10-13H,2-4,9,14-15H2,1H3,(H,23,26)(H,24,25,28). The minimum absolute atomic E-state index is 0.0613. The number of aliphatic imine (C=N–C) groups is 1. The Hall–Kier alpha value is -3.20. The first kappa shape index (κ1) is 21.0. The maximum atomic E-state index is 12.3. The predicted octanol–water partition coefficient (Wildman–Crippen LogP) is 3.29. The molecule has 8 nitrogen and oxygen atoms in total. The first-order chi connectivity index (χ1) is 15.0. The number of sulfonamides is 1. The molecule has 1 amide bonds. The molecule has 0 saturated carbocycles. The van der Waals surface area contributed by atoms with Crippen molar-refractivity contribution in [2.45, 2.75) is 44.0 Å². The number of para-hydroxylation sites is 2. The molecule has 162 valence electrons. The Morgan fingerprint density at radius 3 is 2.71 bits per heavy atom. The summed E-state index contributed by atoms with van der Waals surface area (Å²) in [4.78, 5) is 21.5. The number of benzene rings is 2. The molecule has 0 saturated heterocycles. The van der Waals surface area contributed by atoms with Crippen molar-refractivity contribution in [1.82, 2.24) is 14.3 Å². The number of aromatic nitrogens is 2. The monoisotopic (exact) mass is 439 g/mol. The van der Waals surface area contributed by atoms with Gasteiger partial charge in [0.15, 0.2) is 0 Å². The Kier molecular flexibility index (Phi) is 6.03. The highest BCUT2D eigenvalue weighted by Gasteiger charge is 2.29. The van der Waals surface area contributed by atoms with Crippen molar-refractivity contribution < 1.29 is 13.2 Å². The second kappa shape index (κ2) is 8.89. The summed E-state index contributed by atoms with van der Waals surface area (Å²) in [5, 5.41) is 2.92. The van der Waals surface area contributed by atoms with Crippen molar-refractivity contribution >= 4 is 38.7 Å². The number of unbranched alkanes of at least 4 members (excludes halogenated alkanes) is 2. The number of fused-ring (bicyclic) bond motifs is 2. The molecule has 0 fully saturated rings. The van der Waals surface area contributed by atoms with Crippen molar-refractivity contribution in [1.29, 1.82) is 0 Å². The summed E-state index contributed by atoms with van der Waals surface area (Å²) in [6.07, 6.45) is 2.72.